The zero-order chi connectivity index (χ0) is 14.5. The number of carbonyl (C=O) groups is 1. The van der Waals surface area contributed by atoms with Crippen LogP contribution in [0.4, 0.5) is 0 Å². The van der Waals surface area contributed by atoms with Crippen molar-refractivity contribution in [3.8, 4) is 0 Å². The van der Waals surface area contributed by atoms with Crippen LogP contribution in [0.3, 0.4) is 0 Å². The van der Waals surface area contributed by atoms with Crippen LogP contribution in [0.2, 0.25) is 5.02 Å². The molecule has 0 heterocycles. The van der Waals surface area contributed by atoms with Crippen molar-refractivity contribution in [3.63, 3.8) is 0 Å². The molecule has 0 spiro atoms. The topological polar surface area (TPSA) is 29.1 Å². The largest absolute Gasteiger partial charge is 0.344 e. The van der Waals surface area contributed by atoms with Crippen molar-refractivity contribution in [2.24, 2.45) is 0 Å². The molecule has 2 nitrogen and oxygen atoms in total. The van der Waals surface area contributed by atoms with Crippen LogP contribution in [0, 0.1) is 0 Å². The fourth-order valence-electron chi connectivity index (χ4n) is 1.81. The second-order valence-electron chi connectivity index (χ2n) is 4.19. The van der Waals surface area contributed by atoms with Gasteiger partial charge in [-0.2, -0.15) is 0 Å². The van der Waals surface area contributed by atoms with Crippen molar-refractivity contribution in [3.05, 3.63) is 69.2 Å². The minimum atomic E-state index is -0.250. The van der Waals surface area contributed by atoms with Gasteiger partial charge in [-0.3, -0.25) is 4.79 Å². The summed E-state index contributed by atoms with van der Waals surface area (Å²) < 4.78 is 0.689. The molecule has 1 unspecified atom stereocenters. The van der Waals surface area contributed by atoms with Gasteiger partial charge in [0.05, 0.1) is 16.6 Å². The number of halogens is 3. The van der Waals surface area contributed by atoms with Crippen LogP contribution in [0.15, 0.2) is 53.0 Å². The molecule has 0 aliphatic rings. The highest BCUT2D eigenvalue weighted by molar-refractivity contribution is 9.10. The predicted octanol–water partition coefficient (Wildman–Crippen LogP) is 4.81. The van der Waals surface area contributed by atoms with Gasteiger partial charge < -0.3 is 5.32 Å². The molecule has 0 aliphatic heterocycles. The Kier molecular flexibility index (Phi) is 5.46. The van der Waals surface area contributed by atoms with Gasteiger partial charge in [0, 0.05) is 10.4 Å². The summed E-state index contributed by atoms with van der Waals surface area (Å²) in [6.45, 7) is 0. The van der Waals surface area contributed by atoms with Gasteiger partial charge in [-0.15, -0.1) is 11.6 Å². The molecule has 2 rings (SSSR count). The Bertz CT molecular complexity index is 604. The van der Waals surface area contributed by atoms with E-state index < -0.39 is 0 Å². The van der Waals surface area contributed by atoms with Crippen molar-refractivity contribution in [2.45, 2.75) is 6.04 Å². The number of amides is 1. The average Bonchev–Trinajstić information content (AvgIpc) is 2.48. The summed E-state index contributed by atoms with van der Waals surface area (Å²) >= 11 is 15.4. The molecule has 0 aliphatic carbocycles. The van der Waals surface area contributed by atoms with Crippen LogP contribution in [-0.4, -0.2) is 11.8 Å². The third-order valence-corrected chi connectivity index (χ3v) is 4.46. The van der Waals surface area contributed by atoms with Crippen LogP contribution in [-0.2, 0) is 0 Å². The summed E-state index contributed by atoms with van der Waals surface area (Å²) in [5, 5.41) is 3.29. The highest BCUT2D eigenvalue weighted by Crippen LogP contribution is 2.26. The molecule has 2 aromatic rings. The van der Waals surface area contributed by atoms with E-state index in [0.29, 0.717) is 20.9 Å². The summed E-state index contributed by atoms with van der Waals surface area (Å²) in [6, 6.07) is 14.6. The maximum Gasteiger partial charge on any atom is 0.253 e. The first-order valence-corrected chi connectivity index (χ1v) is 7.70. The second-order valence-corrected chi connectivity index (χ2v) is 5.73. The third-order valence-electron chi connectivity index (χ3n) is 2.86. The van der Waals surface area contributed by atoms with E-state index in [2.05, 4.69) is 21.2 Å². The van der Waals surface area contributed by atoms with Gasteiger partial charge in [-0.25, -0.2) is 0 Å². The van der Waals surface area contributed by atoms with E-state index in [-0.39, 0.29) is 11.9 Å². The van der Waals surface area contributed by atoms with Gasteiger partial charge in [-0.1, -0.05) is 48.0 Å². The number of benzene rings is 2. The molecule has 0 radical (unpaired) electrons. The zero-order valence-electron chi connectivity index (χ0n) is 10.4. The number of hydrogen-bond acceptors (Lipinski definition) is 1. The lowest BCUT2D eigenvalue weighted by Crippen LogP contribution is -2.29. The Morgan fingerprint density at radius 1 is 1.15 bits per heavy atom. The Morgan fingerprint density at radius 3 is 2.50 bits per heavy atom. The van der Waals surface area contributed by atoms with Crippen LogP contribution < -0.4 is 5.32 Å². The quantitative estimate of drug-likeness (QED) is 0.766. The molecule has 104 valence electrons. The number of hydrogen-bond donors (Lipinski definition) is 1. The van der Waals surface area contributed by atoms with Gasteiger partial charge >= 0.3 is 0 Å². The molecular formula is C15H12BrCl2NO. The normalized spacial score (nSPS) is 11.9. The third kappa shape index (κ3) is 3.54. The van der Waals surface area contributed by atoms with E-state index in [1.807, 2.05) is 30.3 Å². The van der Waals surface area contributed by atoms with Crippen molar-refractivity contribution in [1.82, 2.24) is 5.32 Å². The van der Waals surface area contributed by atoms with Gasteiger partial charge in [0.1, 0.15) is 0 Å². The monoisotopic (exact) mass is 371 g/mol. The molecule has 0 saturated carbocycles. The molecular weight excluding hydrogens is 361 g/mol. The first kappa shape index (κ1) is 15.4. The van der Waals surface area contributed by atoms with Crippen molar-refractivity contribution in [1.29, 1.82) is 0 Å². The fourth-order valence-corrected chi connectivity index (χ4v) is 2.64. The van der Waals surface area contributed by atoms with E-state index in [1.165, 1.54) is 0 Å². The van der Waals surface area contributed by atoms with E-state index in [0.717, 1.165) is 5.56 Å². The lowest BCUT2D eigenvalue weighted by molar-refractivity contribution is 0.0940. The van der Waals surface area contributed by atoms with Crippen molar-refractivity contribution in [2.75, 3.05) is 5.88 Å². The Balaban J connectivity index is 2.20. The molecule has 1 amide bonds. The number of rotatable bonds is 4. The van der Waals surface area contributed by atoms with E-state index in [1.54, 1.807) is 18.2 Å². The summed E-state index contributed by atoms with van der Waals surface area (Å²) in [5.41, 5.74) is 1.38. The summed E-state index contributed by atoms with van der Waals surface area (Å²) in [5.74, 6) is 0.0484. The fraction of sp³-hybridized carbons (Fsp3) is 0.133. The first-order chi connectivity index (χ1) is 9.63. The molecule has 1 atom stereocenters. The van der Waals surface area contributed by atoms with E-state index in [9.17, 15) is 4.79 Å². The highest BCUT2D eigenvalue weighted by atomic mass is 79.9. The Hall–Kier alpha value is -1.03. The Morgan fingerprint density at radius 2 is 1.85 bits per heavy atom. The average molecular weight is 373 g/mol. The van der Waals surface area contributed by atoms with Gasteiger partial charge in [0.2, 0.25) is 0 Å². The van der Waals surface area contributed by atoms with E-state index >= 15 is 0 Å². The molecule has 0 fully saturated rings. The van der Waals surface area contributed by atoms with Gasteiger partial charge in [0.15, 0.2) is 0 Å². The van der Waals surface area contributed by atoms with Crippen LogP contribution in [0.1, 0.15) is 22.0 Å². The number of alkyl halides is 1. The van der Waals surface area contributed by atoms with Gasteiger partial charge in [0.25, 0.3) is 5.91 Å². The van der Waals surface area contributed by atoms with Crippen LogP contribution in [0.25, 0.3) is 0 Å². The highest BCUT2D eigenvalue weighted by Gasteiger charge is 2.17. The smallest absolute Gasteiger partial charge is 0.253 e. The number of carbonyl (C=O) groups excluding carboxylic acids is 1. The minimum absolute atomic E-state index is 0.245. The van der Waals surface area contributed by atoms with Gasteiger partial charge in [-0.05, 0) is 33.6 Å². The molecule has 0 aromatic heterocycles. The Labute approximate surface area is 136 Å². The molecule has 2 aromatic carbocycles. The van der Waals surface area contributed by atoms with Crippen molar-refractivity contribution >= 4 is 45.0 Å². The van der Waals surface area contributed by atoms with Crippen LogP contribution >= 0.6 is 39.1 Å². The molecule has 1 N–H and O–H groups in total. The summed E-state index contributed by atoms with van der Waals surface area (Å²) in [7, 11) is 0. The minimum Gasteiger partial charge on any atom is -0.344 e. The van der Waals surface area contributed by atoms with Crippen molar-refractivity contribution < 1.29 is 4.79 Å². The maximum atomic E-state index is 12.3. The second kappa shape index (κ2) is 7.11. The lowest BCUT2D eigenvalue weighted by atomic mass is 10.1. The standard InChI is InChI=1S/C15H12BrCl2NO/c16-12-8-4-7-11(14(12)18)15(20)19-13(9-17)10-5-2-1-3-6-10/h1-8,13H,9H2,(H,19,20). The maximum absolute atomic E-state index is 12.3. The summed E-state index contributed by atoms with van der Waals surface area (Å²) in [6.07, 6.45) is 0. The lowest BCUT2D eigenvalue weighted by Gasteiger charge is -2.17. The predicted molar refractivity (Wildman–Crippen MR) is 86.5 cm³/mol. The first-order valence-electron chi connectivity index (χ1n) is 5.99. The molecule has 0 saturated heterocycles. The number of nitrogens with one attached hydrogen (secondary N) is 1. The van der Waals surface area contributed by atoms with E-state index in [4.69, 9.17) is 23.2 Å². The summed E-state index contributed by atoms with van der Waals surface area (Å²) in [4.78, 5) is 12.3. The molecule has 0 bridgehead atoms. The molecule has 5 heteroatoms. The van der Waals surface area contributed by atoms with Crippen LogP contribution in [0.5, 0.6) is 0 Å². The SMILES string of the molecule is O=C(NC(CCl)c1ccccc1)c1cccc(Br)c1Cl. The zero-order valence-corrected chi connectivity index (χ0v) is 13.5. The molecule has 20 heavy (non-hydrogen) atoms.